The van der Waals surface area contributed by atoms with Crippen LogP contribution in [-0.2, 0) is 6.42 Å². The lowest BCUT2D eigenvalue weighted by Crippen LogP contribution is -2.35. The van der Waals surface area contributed by atoms with Crippen molar-refractivity contribution in [1.82, 2.24) is 9.97 Å². The highest BCUT2D eigenvalue weighted by Gasteiger charge is 2.21. The van der Waals surface area contributed by atoms with Gasteiger partial charge in [-0.2, -0.15) is 4.98 Å². The second kappa shape index (κ2) is 6.66. The summed E-state index contributed by atoms with van der Waals surface area (Å²) in [6.07, 6.45) is 2.64. The van der Waals surface area contributed by atoms with Crippen LogP contribution in [0.25, 0.3) is 0 Å². The van der Waals surface area contributed by atoms with E-state index >= 15 is 0 Å². The zero-order chi connectivity index (χ0) is 16.4. The number of piperidine rings is 1. The zero-order valence-corrected chi connectivity index (χ0v) is 13.2. The monoisotopic (exact) mass is 338 g/mol. The van der Waals surface area contributed by atoms with E-state index in [9.17, 15) is 8.78 Å². The molecule has 1 aliphatic heterocycles. The molecule has 1 saturated heterocycles. The fraction of sp³-hybridized carbons (Fsp3) is 0.375. The van der Waals surface area contributed by atoms with E-state index in [0.717, 1.165) is 43.7 Å². The maximum absolute atomic E-state index is 13.3. The van der Waals surface area contributed by atoms with Crippen molar-refractivity contribution in [3.63, 3.8) is 0 Å². The van der Waals surface area contributed by atoms with Crippen LogP contribution < -0.4 is 10.6 Å². The number of anilines is 2. The van der Waals surface area contributed by atoms with E-state index in [-0.39, 0.29) is 5.95 Å². The number of nitrogens with two attached hydrogens (primary N) is 1. The Labute approximate surface area is 138 Å². The molecule has 0 atom stereocenters. The minimum absolute atomic E-state index is 0.163. The first-order valence-corrected chi connectivity index (χ1v) is 7.88. The predicted octanol–water partition coefficient (Wildman–Crippen LogP) is 3.45. The van der Waals surface area contributed by atoms with Gasteiger partial charge >= 0.3 is 0 Å². The molecule has 4 nitrogen and oxygen atoms in total. The van der Waals surface area contributed by atoms with Gasteiger partial charge in [0.15, 0.2) is 11.6 Å². The third-order valence-corrected chi connectivity index (χ3v) is 4.34. The zero-order valence-electron chi connectivity index (χ0n) is 12.5. The van der Waals surface area contributed by atoms with Gasteiger partial charge in [-0.25, -0.2) is 13.8 Å². The van der Waals surface area contributed by atoms with E-state index in [0.29, 0.717) is 11.1 Å². The van der Waals surface area contributed by atoms with Gasteiger partial charge in [0.2, 0.25) is 5.95 Å². The largest absolute Gasteiger partial charge is 0.368 e. The highest BCUT2D eigenvalue weighted by molar-refractivity contribution is 6.29. The van der Waals surface area contributed by atoms with E-state index in [4.69, 9.17) is 17.3 Å². The van der Waals surface area contributed by atoms with Crippen LogP contribution in [-0.4, -0.2) is 23.1 Å². The molecular formula is C16H17ClF2N4. The van der Waals surface area contributed by atoms with Crippen LogP contribution in [0.4, 0.5) is 20.5 Å². The van der Waals surface area contributed by atoms with E-state index in [1.165, 1.54) is 12.1 Å². The number of nitrogen functional groups attached to an aromatic ring is 1. The van der Waals surface area contributed by atoms with Gasteiger partial charge in [-0.15, -0.1) is 0 Å². The topological polar surface area (TPSA) is 55.0 Å². The van der Waals surface area contributed by atoms with Gasteiger partial charge < -0.3 is 10.6 Å². The first kappa shape index (κ1) is 15.9. The third-order valence-electron chi connectivity index (χ3n) is 4.15. The Hall–Kier alpha value is -1.95. The second-order valence-corrected chi connectivity index (χ2v) is 6.18. The number of halogens is 3. The van der Waals surface area contributed by atoms with Gasteiger partial charge in [0.25, 0.3) is 0 Å². The summed E-state index contributed by atoms with van der Waals surface area (Å²) in [5, 5.41) is 0.330. The molecule has 1 aromatic heterocycles. The van der Waals surface area contributed by atoms with Gasteiger partial charge in [0, 0.05) is 19.2 Å². The number of hydrogen-bond acceptors (Lipinski definition) is 4. The fourth-order valence-corrected chi connectivity index (χ4v) is 3.14. The summed E-state index contributed by atoms with van der Waals surface area (Å²) in [6.45, 7) is 1.64. The minimum atomic E-state index is -0.804. The van der Waals surface area contributed by atoms with Crippen molar-refractivity contribution in [3.8, 4) is 0 Å². The van der Waals surface area contributed by atoms with Crippen LogP contribution in [0.2, 0.25) is 5.15 Å². The molecule has 0 bridgehead atoms. The second-order valence-electron chi connectivity index (χ2n) is 5.79. The summed E-state index contributed by atoms with van der Waals surface area (Å²) < 4.78 is 26.2. The van der Waals surface area contributed by atoms with Gasteiger partial charge in [-0.05, 0) is 42.9 Å². The molecule has 0 unspecified atom stereocenters. The summed E-state index contributed by atoms with van der Waals surface area (Å²) in [5.41, 5.74) is 6.45. The van der Waals surface area contributed by atoms with Crippen molar-refractivity contribution < 1.29 is 8.78 Å². The molecule has 23 heavy (non-hydrogen) atoms. The Morgan fingerprint density at radius 1 is 1.13 bits per heavy atom. The Kier molecular flexibility index (Phi) is 4.61. The first-order chi connectivity index (χ1) is 11.0. The van der Waals surface area contributed by atoms with Crippen molar-refractivity contribution >= 4 is 23.4 Å². The average Bonchev–Trinajstić information content (AvgIpc) is 2.51. The maximum atomic E-state index is 13.3. The Morgan fingerprint density at radius 2 is 1.87 bits per heavy atom. The molecule has 0 spiro atoms. The highest BCUT2D eigenvalue weighted by atomic mass is 35.5. The standard InChI is InChI=1S/C16H17ClF2N4/c17-14-9-15(22-16(20)21-14)23-5-3-10(4-6-23)7-11-1-2-12(18)13(19)8-11/h1-2,8-10H,3-7H2,(H2,20,21,22). The molecule has 1 aliphatic rings. The fourth-order valence-electron chi connectivity index (χ4n) is 2.95. The molecule has 0 amide bonds. The Balaban J connectivity index is 1.60. The number of hydrogen-bond donors (Lipinski definition) is 1. The van der Waals surface area contributed by atoms with Crippen LogP contribution in [0.3, 0.4) is 0 Å². The lowest BCUT2D eigenvalue weighted by atomic mass is 9.90. The van der Waals surface area contributed by atoms with Crippen molar-refractivity contribution in [3.05, 3.63) is 46.6 Å². The molecule has 2 N–H and O–H groups in total. The number of benzene rings is 1. The van der Waals surface area contributed by atoms with Crippen molar-refractivity contribution in [2.24, 2.45) is 5.92 Å². The van der Waals surface area contributed by atoms with Gasteiger partial charge in [-0.1, -0.05) is 17.7 Å². The van der Waals surface area contributed by atoms with Crippen LogP contribution in [0.1, 0.15) is 18.4 Å². The van der Waals surface area contributed by atoms with Crippen LogP contribution in [0, 0.1) is 17.6 Å². The SMILES string of the molecule is Nc1nc(Cl)cc(N2CCC(Cc3ccc(F)c(F)c3)CC2)n1. The molecule has 122 valence electrons. The average molecular weight is 339 g/mol. The molecule has 1 aromatic carbocycles. The highest BCUT2D eigenvalue weighted by Crippen LogP contribution is 2.26. The molecule has 7 heteroatoms. The lowest BCUT2D eigenvalue weighted by Gasteiger charge is -2.33. The normalized spacial score (nSPS) is 15.9. The predicted molar refractivity (Wildman–Crippen MR) is 86.5 cm³/mol. The summed E-state index contributed by atoms with van der Waals surface area (Å²) in [4.78, 5) is 10.2. The Morgan fingerprint density at radius 3 is 2.52 bits per heavy atom. The smallest absolute Gasteiger partial charge is 0.223 e. The number of nitrogens with zero attached hydrogens (tertiary/aromatic N) is 3. The Bertz CT molecular complexity index is 682. The molecule has 0 aliphatic carbocycles. The van der Waals surface area contributed by atoms with E-state index in [1.807, 2.05) is 0 Å². The molecule has 1 fully saturated rings. The third kappa shape index (κ3) is 3.88. The molecule has 0 radical (unpaired) electrons. The number of rotatable bonds is 3. The van der Waals surface area contributed by atoms with Crippen LogP contribution in [0.15, 0.2) is 24.3 Å². The lowest BCUT2D eigenvalue weighted by molar-refractivity contribution is 0.401. The van der Waals surface area contributed by atoms with Crippen LogP contribution >= 0.6 is 11.6 Å². The number of aromatic nitrogens is 2. The first-order valence-electron chi connectivity index (χ1n) is 7.50. The van der Waals surface area contributed by atoms with Crippen molar-refractivity contribution in [2.45, 2.75) is 19.3 Å². The minimum Gasteiger partial charge on any atom is -0.368 e. The van der Waals surface area contributed by atoms with Gasteiger partial charge in [0.05, 0.1) is 0 Å². The molecular weight excluding hydrogens is 322 g/mol. The van der Waals surface area contributed by atoms with Crippen molar-refractivity contribution in [2.75, 3.05) is 23.7 Å². The summed E-state index contributed by atoms with van der Waals surface area (Å²) in [7, 11) is 0. The van der Waals surface area contributed by atoms with Crippen LogP contribution in [0.5, 0.6) is 0 Å². The molecule has 0 saturated carbocycles. The van der Waals surface area contributed by atoms with E-state index in [2.05, 4.69) is 14.9 Å². The van der Waals surface area contributed by atoms with E-state index in [1.54, 1.807) is 12.1 Å². The van der Waals surface area contributed by atoms with Gasteiger partial charge in [-0.3, -0.25) is 0 Å². The molecule has 3 rings (SSSR count). The van der Waals surface area contributed by atoms with Gasteiger partial charge in [0.1, 0.15) is 11.0 Å². The summed E-state index contributed by atoms with van der Waals surface area (Å²) in [6, 6.07) is 5.82. The molecule has 2 aromatic rings. The van der Waals surface area contributed by atoms with Crippen molar-refractivity contribution in [1.29, 1.82) is 0 Å². The van der Waals surface area contributed by atoms with E-state index < -0.39 is 11.6 Å². The molecule has 2 heterocycles. The quantitative estimate of drug-likeness (QED) is 0.871. The maximum Gasteiger partial charge on any atom is 0.223 e. The summed E-state index contributed by atoms with van der Waals surface area (Å²) in [5.74, 6) is -0.260. The summed E-state index contributed by atoms with van der Waals surface area (Å²) >= 11 is 5.91.